The first-order valence-corrected chi connectivity index (χ1v) is 11.1. The van der Waals surface area contributed by atoms with Crippen LogP contribution in [0.15, 0.2) is 71.7 Å². The predicted molar refractivity (Wildman–Crippen MR) is 131 cm³/mol. The van der Waals surface area contributed by atoms with Gasteiger partial charge in [0, 0.05) is 21.7 Å². The van der Waals surface area contributed by atoms with Crippen molar-refractivity contribution in [2.45, 2.75) is 25.2 Å². The first-order valence-electron chi connectivity index (χ1n) is 10.3. The number of carbonyl (C=O) groups is 1. The lowest BCUT2D eigenvalue weighted by Gasteiger charge is -2.21. The maximum atomic E-state index is 13.3. The molecule has 0 aliphatic carbocycles. The lowest BCUT2D eigenvalue weighted by atomic mass is 10.0. The van der Waals surface area contributed by atoms with Crippen molar-refractivity contribution in [2.75, 3.05) is 0 Å². The van der Waals surface area contributed by atoms with Crippen molar-refractivity contribution in [3.8, 4) is 0 Å². The van der Waals surface area contributed by atoms with Gasteiger partial charge in [-0.3, -0.25) is 10.1 Å². The van der Waals surface area contributed by atoms with Crippen LogP contribution in [0.5, 0.6) is 0 Å². The fourth-order valence-corrected chi connectivity index (χ4v) is 3.52. The summed E-state index contributed by atoms with van der Waals surface area (Å²) in [5, 5.41) is 6.21. The van der Waals surface area contributed by atoms with E-state index < -0.39 is 23.9 Å². The van der Waals surface area contributed by atoms with Crippen molar-refractivity contribution in [3.63, 3.8) is 0 Å². The molecular weight excluding hydrogens is 483 g/mol. The van der Waals surface area contributed by atoms with E-state index in [4.69, 9.17) is 34.7 Å². The van der Waals surface area contributed by atoms with E-state index in [0.29, 0.717) is 21.7 Å². The number of aliphatic imine (C=N–C) groups is 1. The molecule has 0 fully saturated rings. The van der Waals surface area contributed by atoms with Gasteiger partial charge in [-0.25, -0.2) is 13.8 Å². The maximum absolute atomic E-state index is 13.3. The Kier molecular flexibility index (Phi) is 8.95. The number of halogens is 4. The number of nitrogens with one attached hydrogen (secondary N) is 2. The molecule has 178 valence electrons. The topological polar surface area (TPSA) is 106 Å². The van der Waals surface area contributed by atoms with Gasteiger partial charge >= 0.3 is 0 Å². The molecule has 10 heteroatoms. The van der Waals surface area contributed by atoms with Crippen molar-refractivity contribution in [2.24, 2.45) is 16.5 Å². The van der Waals surface area contributed by atoms with Crippen molar-refractivity contribution in [3.05, 3.63) is 105 Å². The van der Waals surface area contributed by atoms with Crippen LogP contribution in [0, 0.1) is 11.6 Å². The molecule has 1 amide bonds. The molecule has 0 spiro atoms. The van der Waals surface area contributed by atoms with Gasteiger partial charge in [-0.1, -0.05) is 47.5 Å². The molecule has 2 unspecified atom stereocenters. The molecule has 0 saturated carbocycles. The SMILES string of the molecule is NC(CC(N)c1ccc(F)cc1)NC(=NCc1ccc(F)cc1Cl)NC(=O)c1cccc(Cl)c1. The van der Waals surface area contributed by atoms with Gasteiger partial charge in [0.1, 0.15) is 11.6 Å². The monoisotopic (exact) mass is 505 g/mol. The fraction of sp³-hybridized carbons (Fsp3) is 0.167. The van der Waals surface area contributed by atoms with E-state index >= 15 is 0 Å². The minimum absolute atomic E-state index is 0.0496. The van der Waals surface area contributed by atoms with E-state index in [1.165, 1.54) is 36.4 Å². The van der Waals surface area contributed by atoms with Crippen LogP contribution < -0.4 is 22.1 Å². The second-order valence-corrected chi connectivity index (χ2v) is 8.35. The number of nitrogens with zero attached hydrogens (tertiary/aromatic N) is 1. The second kappa shape index (κ2) is 11.9. The van der Waals surface area contributed by atoms with Crippen molar-refractivity contribution >= 4 is 35.1 Å². The lowest BCUT2D eigenvalue weighted by Crippen LogP contribution is -2.50. The van der Waals surface area contributed by atoms with Gasteiger partial charge in [-0.05, 0) is 60.0 Å². The van der Waals surface area contributed by atoms with E-state index in [1.807, 2.05) is 0 Å². The molecule has 34 heavy (non-hydrogen) atoms. The molecule has 3 aromatic carbocycles. The molecule has 3 rings (SSSR count). The number of rotatable bonds is 7. The van der Waals surface area contributed by atoms with Crippen LogP contribution in [0.25, 0.3) is 0 Å². The van der Waals surface area contributed by atoms with Crippen LogP contribution in [0.3, 0.4) is 0 Å². The van der Waals surface area contributed by atoms with Crippen molar-refractivity contribution in [1.82, 2.24) is 10.6 Å². The highest BCUT2D eigenvalue weighted by Gasteiger charge is 2.16. The third-order valence-electron chi connectivity index (χ3n) is 4.87. The summed E-state index contributed by atoms with van der Waals surface area (Å²) in [7, 11) is 0. The highest BCUT2D eigenvalue weighted by molar-refractivity contribution is 6.31. The normalized spacial score (nSPS) is 13.3. The number of hydrogen-bond acceptors (Lipinski definition) is 4. The minimum atomic E-state index is -0.706. The number of guanidine groups is 1. The van der Waals surface area contributed by atoms with E-state index in [0.717, 1.165) is 0 Å². The van der Waals surface area contributed by atoms with E-state index in [1.54, 1.807) is 30.3 Å². The van der Waals surface area contributed by atoms with Gasteiger partial charge in [0.15, 0.2) is 5.96 Å². The van der Waals surface area contributed by atoms with Crippen LogP contribution in [-0.2, 0) is 6.54 Å². The summed E-state index contributed by atoms with van der Waals surface area (Å²) in [5.74, 6) is -1.23. The molecule has 0 aromatic heterocycles. The Balaban J connectivity index is 1.75. The first kappa shape index (κ1) is 25.6. The Morgan fingerprint density at radius 3 is 2.35 bits per heavy atom. The summed E-state index contributed by atoms with van der Waals surface area (Å²) in [5.41, 5.74) is 14.0. The number of nitrogens with two attached hydrogens (primary N) is 2. The number of amides is 1. The third-order valence-corrected chi connectivity index (χ3v) is 5.46. The summed E-state index contributed by atoms with van der Waals surface area (Å²) in [6.45, 7) is 0.0496. The Labute approximate surface area is 206 Å². The van der Waals surface area contributed by atoms with Gasteiger partial charge in [-0.15, -0.1) is 0 Å². The fourth-order valence-electron chi connectivity index (χ4n) is 3.10. The highest BCUT2D eigenvalue weighted by atomic mass is 35.5. The predicted octanol–water partition coefficient (Wildman–Crippen LogP) is 4.52. The lowest BCUT2D eigenvalue weighted by molar-refractivity contribution is 0.0975. The Morgan fingerprint density at radius 1 is 0.971 bits per heavy atom. The Morgan fingerprint density at radius 2 is 1.68 bits per heavy atom. The summed E-state index contributed by atoms with van der Waals surface area (Å²) in [6.07, 6.45) is -0.447. The quantitative estimate of drug-likeness (QED) is 0.215. The van der Waals surface area contributed by atoms with Crippen LogP contribution in [0.2, 0.25) is 10.0 Å². The smallest absolute Gasteiger partial charge is 0.257 e. The van der Waals surface area contributed by atoms with E-state index in [-0.39, 0.29) is 29.8 Å². The number of benzene rings is 3. The van der Waals surface area contributed by atoms with Gasteiger partial charge in [-0.2, -0.15) is 0 Å². The molecule has 2 atom stereocenters. The molecule has 6 nitrogen and oxygen atoms in total. The molecule has 0 radical (unpaired) electrons. The Hall–Kier alpha value is -3.04. The average Bonchev–Trinajstić information content (AvgIpc) is 2.78. The molecule has 0 heterocycles. The zero-order chi connectivity index (χ0) is 24.7. The van der Waals surface area contributed by atoms with Crippen LogP contribution >= 0.6 is 23.2 Å². The summed E-state index contributed by atoms with van der Waals surface area (Å²) in [4.78, 5) is 17.1. The van der Waals surface area contributed by atoms with Gasteiger partial charge in [0.2, 0.25) is 0 Å². The third kappa shape index (κ3) is 7.50. The number of carbonyl (C=O) groups excluding carboxylic acids is 1. The second-order valence-electron chi connectivity index (χ2n) is 7.51. The van der Waals surface area contributed by atoms with E-state index in [9.17, 15) is 13.6 Å². The number of hydrogen-bond donors (Lipinski definition) is 4. The van der Waals surface area contributed by atoms with Crippen molar-refractivity contribution in [1.29, 1.82) is 0 Å². The van der Waals surface area contributed by atoms with Crippen LogP contribution in [0.1, 0.15) is 33.9 Å². The van der Waals surface area contributed by atoms with Crippen LogP contribution in [-0.4, -0.2) is 18.0 Å². The zero-order valence-corrected chi connectivity index (χ0v) is 19.5. The molecule has 0 aliphatic heterocycles. The van der Waals surface area contributed by atoms with Gasteiger partial charge in [0.25, 0.3) is 5.91 Å². The minimum Gasteiger partial charge on any atom is -0.341 e. The molecular formula is C24H23Cl2F2N5O. The van der Waals surface area contributed by atoms with Gasteiger partial charge in [0.05, 0.1) is 12.7 Å². The molecule has 0 aliphatic rings. The maximum Gasteiger partial charge on any atom is 0.257 e. The molecule has 0 saturated heterocycles. The molecule has 0 bridgehead atoms. The summed E-state index contributed by atoms with van der Waals surface area (Å²) >= 11 is 12.1. The molecule has 3 aromatic rings. The first-order chi connectivity index (χ1) is 16.2. The molecule has 6 N–H and O–H groups in total. The Bertz CT molecular complexity index is 1170. The average molecular weight is 506 g/mol. The summed E-state index contributed by atoms with van der Waals surface area (Å²) < 4.78 is 26.5. The van der Waals surface area contributed by atoms with E-state index in [2.05, 4.69) is 15.6 Å². The highest BCUT2D eigenvalue weighted by Crippen LogP contribution is 2.18. The standard InChI is InChI=1S/C24H23Cl2F2N5O/c25-17-3-1-2-15(10-17)23(34)33-24(31-13-16-6-9-19(28)11-20(16)26)32-22(30)12-21(29)14-4-7-18(27)8-5-14/h1-11,21-22H,12-13,29-30H2,(H2,31,32,33,34). The van der Waals surface area contributed by atoms with Crippen molar-refractivity contribution < 1.29 is 13.6 Å². The van der Waals surface area contributed by atoms with Gasteiger partial charge < -0.3 is 16.8 Å². The van der Waals surface area contributed by atoms with Crippen LogP contribution in [0.4, 0.5) is 8.78 Å². The largest absolute Gasteiger partial charge is 0.341 e. The zero-order valence-electron chi connectivity index (χ0n) is 17.9. The summed E-state index contributed by atoms with van der Waals surface area (Å²) in [6, 6.07) is 15.7.